The molecular formula is C18H28ClN3. The molecule has 3 nitrogen and oxygen atoms in total. The van der Waals surface area contributed by atoms with E-state index >= 15 is 0 Å². The third kappa shape index (κ3) is 4.02. The van der Waals surface area contributed by atoms with Gasteiger partial charge in [0.15, 0.2) is 0 Å². The zero-order valence-electron chi connectivity index (χ0n) is 13.8. The molecule has 1 aliphatic heterocycles. The second kappa shape index (κ2) is 6.88. The highest BCUT2D eigenvalue weighted by Gasteiger charge is 2.43. The fourth-order valence-electron chi connectivity index (χ4n) is 3.37. The smallest absolute Gasteiger partial charge is 0.0406 e. The Morgan fingerprint density at radius 2 is 1.77 bits per heavy atom. The molecule has 122 valence electrons. The molecule has 1 aromatic carbocycles. The minimum atomic E-state index is 0.362. The summed E-state index contributed by atoms with van der Waals surface area (Å²) in [5, 5.41) is 4.60. The summed E-state index contributed by atoms with van der Waals surface area (Å²) in [5.41, 5.74) is 1.80. The van der Waals surface area contributed by atoms with E-state index in [4.69, 9.17) is 11.6 Å². The average molecular weight is 322 g/mol. The van der Waals surface area contributed by atoms with Crippen LogP contribution in [0.25, 0.3) is 0 Å². The number of nitrogens with zero attached hydrogens (tertiary/aromatic N) is 2. The number of hydrogen-bond donors (Lipinski definition) is 1. The summed E-state index contributed by atoms with van der Waals surface area (Å²) in [6.07, 6.45) is 2.59. The minimum Gasteiger partial charge on any atom is -0.312 e. The van der Waals surface area contributed by atoms with Crippen LogP contribution in [0.1, 0.15) is 25.3 Å². The van der Waals surface area contributed by atoms with E-state index in [1.165, 1.54) is 44.6 Å². The molecule has 1 atom stereocenters. The topological polar surface area (TPSA) is 18.5 Å². The second-order valence-electron chi connectivity index (χ2n) is 7.17. The zero-order valence-corrected chi connectivity index (χ0v) is 14.6. The molecule has 1 aliphatic carbocycles. The number of rotatable bonds is 6. The molecule has 4 heteroatoms. The second-order valence-corrected chi connectivity index (χ2v) is 7.61. The minimum absolute atomic E-state index is 0.362. The number of benzene rings is 1. The summed E-state index contributed by atoms with van der Waals surface area (Å²) in [6.45, 7) is 9.35. The van der Waals surface area contributed by atoms with Crippen LogP contribution in [-0.2, 0) is 5.41 Å². The van der Waals surface area contributed by atoms with Gasteiger partial charge in [0.05, 0.1) is 0 Å². The van der Waals surface area contributed by atoms with E-state index in [9.17, 15) is 0 Å². The van der Waals surface area contributed by atoms with Gasteiger partial charge < -0.3 is 10.2 Å². The largest absolute Gasteiger partial charge is 0.312 e. The van der Waals surface area contributed by atoms with E-state index in [0.29, 0.717) is 11.5 Å². The van der Waals surface area contributed by atoms with Crippen molar-refractivity contribution in [3.05, 3.63) is 34.9 Å². The molecule has 0 aromatic heterocycles. The Bertz CT molecular complexity index is 476. The first-order chi connectivity index (χ1) is 10.6. The van der Waals surface area contributed by atoms with Crippen LogP contribution in [0.5, 0.6) is 0 Å². The predicted molar refractivity (Wildman–Crippen MR) is 93.8 cm³/mol. The van der Waals surface area contributed by atoms with Gasteiger partial charge in [0.2, 0.25) is 0 Å². The van der Waals surface area contributed by atoms with Crippen LogP contribution >= 0.6 is 11.6 Å². The lowest BCUT2D eigenvalue weighted by molar-refractivity contribution is 0.144. The highest BCUT2D eigenvalue weighted by Crippen LogP contribution is 2.47. The summed E-state index contributed by atoms with van der Waals surface area (Å²) in [7, 11) is 2.21. The number of piperazine rings is 1. The number of hydrogen-bond acceptors (Lipinski definition) is 3. The highest BCUT2D eigenvalue weighted by molar-refractivity contribution is 6.30. The fourth-order valence-corrected chi connectivity index (χ4v) is 3.50. The van der Waals surface area contributed by atoms with Crippen molar-refractivity contribution in [2.24, 2.45) is 0 Å². The van der Waals surface area contributed by atoms with Gasteiger partial charge in [-0.3, -0.25) is 4.90 Å². The first kappa shape index (κ1) is 16.3. The monoisotopic (exact) mass is 321 g/mol. The van der Waals surface area contributed by atoms with Crippen LogP contribution in [0.15, 0.2) is 24.3 Å². The van der Waals surface area contributed by atoms with E-state index in [2.05, 4.69) is 41.2 Å². The SMILES string of the molecule is CC(CN1CCN(C)CC1)NCC1(c2ccc(Cl)cc2)CC1. The Labute approximate surface area is 139 Å². The third-order valence-corrected chi connectivity index (χ3v) is 5.48. The van der Waals surface area contributed by atoms with Crippen LogP contribution in [0.2, 0.25) is 5.02 Å². The predicted octanol–water partition coefficient (Wildman–Crippen LogP) is 2.60. The maximum absolute atomic E-state index is 6.00. The van der Waals surface area contributed by atoms with Crippen molar-refractivity contribution in [3.8, 4) is 0 Å². The molecule has 1 saturated heterocycles. The molecule has 3 rings (SSSR count). The molecule has 1 N–H and O–H groups in total. The van der Waals surface area contributed by atoms with Crippen molar-refractivity contribution in [1.82, 2.24) is 15.1 Å². The van der Waals surface area contributed by atoms with Gasteiger partial charge in [0.1, 0.15) is 0 Å². The average Bonchev–Trinajstić information content (AvgIpc) is 3.30. The highest BCUT2D eigenvalue weighted by atomic mass is 35.5. The van der Waals surface area contributed by atoms with Crippen LogP contribution in [0, 0.1) is 0 Å². The first-order valence-electron chi connectivity index (χ1n) is 8.48. The summed E-state index contributed by atoms with van der Waals surface area (Å²) in [6, 6.07) is 8.98. The summed E-state index contributed by atoms with van der Waals surface area (Å²) in [4.78, 5) is 4.99. The lowest BCUT2D eigenvalue weighted by atomic mass is 9.95. The molecule has 1 aromatic rings. The maximum atomic E-state index is 6.00. The Morgan fingerprint density at radius 1 is 1.14 bits per heavy atom. The van der Waals surface area contributed by atoms with E-state index in [1.807, 2.05) is 12.1 Å². The van der Waals surface area contributed by atoms with Gasteiger partial charge in [-0.05, 0) is 44.5 Å². The molecular weight excluding hydrogens is 294 g/mol. The van der Waals surface area contributed by atoms with Crippen LogP contribution < -0.4 is 5.32 Å². The van der Waals surface area contributed by atoms with Crippen LogP contribution in [0.3, 0.4) is 0 Å². The number of halogens is 1. The number of nitrogens with one attached hydrogen (secondary N) is 1. The van der Waals surface area contributed by atoms with Crippen molar-refractivity contribution >= 4 is 11.6 Å². The molecule has 0 bridgehead atoms. The van der Waals surface area contributed by atoms with Crippen LogP contribution in [-0.4, -0.2) is 62.2 Å². The van der Waals surface area contributed by atoms with E-state index in [1.54, 1.807) is 0 Å². The maximum Gasteiger partial charge on any atom is 0.0406 e. The molecule has 0 amide bonds. The van der Waals surface area contributed by atoms with Gasteiger partial charge >= 0.3 is 0 Å². The van der Waals surface area contributed by atoms with Gasteiger partial charge in [-0.15, -0.1) is 0 Å². The molecule has 22 heavy (non-hydrogen) atoms. The summed E-state index contributed by atoms with van der Waals surface area (Å²) in [5.74, 6) is 0. The Hall–Kier alpha value is -0.610. The van der Waals surface area contributed by atoms with Crippen molar-refractivity contribution in [2.45, 2.75) is 31.2 Å². The molecule has 1 unspecified atom stereocenters. The zero-order chi connectivity index (χ0) is 15.6. The van der Waals surface area contributed by atoms with Gasteiger partial charge in [-0.2, -0.15) is 0 Å². The van der Waals surface area contributed by atoms with E-state index in [-0.39, 0.29) is 0 Å². The van der Waals surface area contributed by atoms with Gasteiger partial charge in [0, 0.05) is 55.7 Å². The normalized spacial score (nSPS) is 23.4. The fraction of sp³-hybridized carbons (Fsp3) is 0.667. The number of likely N-dealkylation sites (N-methyl/N-ethyl adjacent to an activating group) is 1. The Morgan fingerprint density at radius 3 is 2.36 bits per heavy atom. The first-order valence-corrected chi connectivity index (χ1v) is 8.86. The van der Waals surface area contributed by atoms with Crippen molar-refractivity contribution < 1.29 is 0 Å². The van der Waals surface area contributed by atoms with Gasteiger partial charge in [-0.1, -0.05) is 23.7 Å². The van der Waals surface area contributed by atoms with Gasteiger partial charge in [-0.25, -0.2) is 0 Å². The van der Waals surface area contributed by atoms with Crippen molar-refractivity contribution in [2.75, 3.05) is 46.3 Å². The quantitative estimate of drug-likeness (QED) is 0.869. The molecule has 1 heterocycles. The summed E-state index contributed by atoms with van der Waals surface area (Å²) < 4.78 is 0. The third-order valence-electron chi connectivity index (χ3n) is 5.23. The van der Waals surface area contributed by atoms with Crippen molar-refractivity contribution in [1.29, 1.82) is 0 Å². The molecule has 2 fully saturated rings. The van der Waals surface area contributed by atoms with E-state index < -0.39 is 0 Å². The summed E-state index contributed by atoms with van der Waals surface area (Å²) >= 11 is 6.00. The molecule has 1 saturated carbocycles. The Kier molecular flexibility index (Phi) is 5.08. The lowest BCUT2D eigenvalue weighted by Gasteiger charge is -2.34. The lowest BCUT2D eigenvalue weighted by Crippen LogP contribution is -2.49. The Balaban J connectivity index is 1.46. The van der Waals surface area contributed by atoms with Gasteiger partial charge in [0.25, 0.3) is 0 Å². The molecule has 2 aliphatic rings. The molecule has 0 radical (unpaired) electrons. The molecule has 0 spiro atoms. The standard InChI is InChI=1S/C18H28ClN3/c1-15(13-22-11-9-21(2)10-12-22)20-14-18(7-8-18)16-3-5-17(19)6-4-16/h3-6,15,20H,7-14H2,1-2H3. The van der Waals surface area contributed by atoms with Crippen molar-refractivity contribution in [3.63, 3.8) is 0 Å². The van der Waals surface area contributed by atoms with Crippen LogP contribution in [0.4, 0.5) is 0 Å². The van der Waals surface area contributed by atoms with E-state index in [0.717, 1.165) is 18.1 Å².